The molecule has 2 heterocycles. The lowest BCUT2D eigenvalue weighted by Gasteiger charge is -2.45. The van der Waals surface area contributed by atoms with E-state index in [2.05, 4.69) is 5.32 Å². The Balaban J connectivity index is 2.03. The van der Waals surface area contributed by atoms with Crippen LogP contribution in [0.2, 0.25) is 0 Å². The van der Waals surface area contributed by atoms with Gasteiger partial charge in [-0.25, -0.2) is 0 Å². The maximum atomic E-state index is 11.5. The molecule has 2 N–H and O–H groups in total. The van der Waals surface area contributed by atoms with Gasteiger partial charge < -0.3 is 15.2 Å². The van der Waals surface area contributed by atoms with Crippen molar-refractivity contribution < 1.29 is 14.6 Å². The lowest BCUT2D eigenvalue weighted by molar-refractivity contribution is -0.153. The molecule has 0 spiro atoms. The third-order valence-corrected chi connectivity index (χ3v) is 3.25. The van der Waals surface area contributed by atoms with Crippen molar-refractivity contribution in [1.29, 1.82) is 0 Å². The van der Waals surface area contributed by atoms with Crippen molar-refractivity contribution in [2.24, 2.45) is 5.92 Å². The fourth-order valence-corrected chi connectivity index (χ4v) is 2.56. The first kappa shape index (κ1) is 9.93. The Morgan fingerprint density at radius 1 is 1.57 bits per heavy atom. The standard InChI is InChI=1S/C10H17NO3/c1-2-14-10(13)9-7-4-3-6(11-9)5-8(7)12/h6-9,11-12H,2-5H2,1H3. The summed E-state index contributed by atoms with van der Waals surface area (Å²) in [5.41, 5.74) is 0. The number of fused-ring (bicyclic) bond motifs is 3. The highest BCUT2D eigenvalue weighted by Gasteiger charge is 2.44. The summed E-state index contributed by atoms with van der Waals surface area (Å²) in [4.78, 5) is 11.5. The monoisotopic (exact) mass is 199 g/mol. The van der Waals surface area contributed by atoms with Crippen molar-refractivity contribution >= 4 is 5.97 Å². The average molecular weight is 199 g/mol. The van der Waals surface area contributed by atoms with Crippen molar-refractivity contribution in [1.82, 2.24) is 5.32 Å². The van der Waals surface area contributed by atoms with E-state index in [0.717, 1.165) is 19.3 Å². The van der Waals surface area contributed by atoms with Gasteiger partial charge in [0.2, 0.25) is 0 Å². The molecule has 3 rings (SSSR count). The van der Waals surface area contributed by atoms with Crippen LogP contribution in [0.15, 0.2) is 0 Å². The first-order valence-electron chi connectivity index (χ1n) is 5.33. The molecule has 3 aliphatic rings. The summed E-state index contributed by atoms with van der Waals surface area (Å²) < 4.78 is 4.97. The van der Waals surface area contributed by atoms with Gasteiger partial charge in [-0.15, -0.1) is 0 Å². The van der Waals surface area contributed by atoms with E-state index in [1.54, 1.807) is 6.92 Å². The van der Waals surface area contributed by atoms with E-state index in [-0.39, 0.29) is 24.0 Å². The molecule has 0 aromatic heterocycles. The van der Waals surface area contributed by atoms with Crippen LogP contribution in [0.4, 0.5) is 0 Å². The molecule has 0 radical (unpaired) electrons. The molecule has 0 amide bonds. The number of aliphatic hydroxyl groups is 1. The summed E-state index contributed by atoms with van der Waals surface area (Å²) in [7, 11) is 0. The third-order valence-electron chi connectivity index (χ3n) is 3.25. The number of piperidine rings is 2. The summed E-state index contributed by atoms with van der Waals surface area (Å²) in [5.74, 6) is -0.153. The van der Waals surface area contributed by atoms with Gasteiger partial charge >= 0.3 is 5.97 Å². The lowest BCUT2D eigenvalue weighted by Crippen LogP contribution is -2.61. The van der Waals surface area contributed by atoms with Gasteiger partial charge in [0.15, 0.2) is 0 Å². The number of carbonyl (C=O) groups excluding carboxylic acids is 1. The second-order valence-corrected chi connectivity index (χ2v) is 4.14. The van der Waals surface area contributed by atoms with Crippen molar-refractivity contribution in [2.45, 2.75) is 44.4 Å². The van der Waals surface area contributed by atoms with Crippen molar-refractivity contribution in [3.05, 3.63) is 0 Å². The molecule has 2 saturated heterocycles. The van der Waals surface area contributed by atoms with E-state index < -0.39 is 0 Å². The summed E-state index contributed by atoms with van der Waals surface area (Å²) >= 11 is 0. The molecular weight excluding hydrogens is 182 g/mol. The Hall–Kier alpha value is -0.610. The smallest absolute Gasteiger partial charge is 0.323 e. The fraction of sp³-hybridized carbons (Fsp3) is 0.900. The number of rotatable bonds is 2. The van der Waals surface area contributed by atoms with Gasteiger partial charge in [-0.05, 0) is 26.2 Å². The summed E-state index contributed by atoms with van der Waals surface area (Å²) in [6.07, 6.45) is 2.45. The molecule has 2 bridgehead atoms. The van der Waals surface area contributed by atoms with Crippen LogP contribution in [0.1, 0.15) is 26.2 Å². The molecule has 3 fully saturated rings. The molecule has 4 heteroatoms. The number of hydrogen-bond acceptors (Lipinski definition) is 4. The number of ether oxygens (including phenoxy) is 1. The maximum Gasteiger partial charge on any atom is 0.323 e. The van der Waals surface area contributed by atoms with Crippen molar-refractivity contribution in [3.63, 3.8) is 0 Å². The minimum absolute atomic E-state index is 0.0547. The van der Waals surface area contributed by atoms with Crippen LogP contribution < -0.4 is 5.32 Å². The molecule has 80 valence electrons. The molecule has 0 aromatic carbocycles. The highest BCUT2D eigenvalue weighted by molar-refractivity contribution is 5.76. The van der Waals surface area contributed by atoms with E-state index in [9.17, 15) is 9.90 Å². The predicted octanol–water partition coefficient (Wildman–Crippen LogP) is 0.0509. The van der Waals surface area contributed by atoms with Crippen LogP contribution in [-0.4, -0.2) is 35.9 Å². The van der Waals surface area contributed by atoms with E-state index in [4.69, 9.17) is 4.74 Å². The molecule has 4 unspecified atom stereocenters. The Morgan fingerprint density at radius 3 is 2.93 bits per heavy atom. The normalized spacial score (nSPS) is 41.0. The first-order valence-corrected chi connectivity index (χ1v) is 5.33. The Bertz CT molecular complexity index is 231. The van der Waals surface area contributed by atoms with Gasteiger partial charge in [0, 0.05) is 12.0 Å². The second kappa shape index (κ2) is 3.87. The van der Waals surface area contributed by atoms with Gasteiger partial charge in [-0.1, -0.05) is 0 Å². The lowest BCUT2D eigenvalue weighted by atomic mass is 9.74. The maximum absolute atomic E-state index is 11.5. The van der Waals surface area contributed by atoms with Crippen LogP contribution in [0, 0.1) is 5.92 Å². The Morgan fingerprint density at radius 2 is 2.36 bits per heavy atom. The summed E-state index contributed by atoms with van der Waals surface area (Å²) in [6, 6.07) is 0.0156. The van der Waals surface area contributed by atoms with Crippen LogP contribution >= 0.6 is 0 Å². The van der Waals surface area contributed by atoms with Gasteiger partial charge in [-0.2, -0.15) is 0 Å². The molecule has 1 saturated carbocycles. The quantitative estimate of drug-likeness (QED) is 0.617. The van der Waals surface area contributed by atoms with Gasteiger partial charge in [0.1, 0.15) is 6.04 Å². The second-order valence-electron chi connectivity index (χ2n) is 4.14. The number of aliphatic hydroxyl groups excluding tert-OH is 1. The van der Waals surface area contributed by atoms with E-state index in [1.165, 1.54) is 0 Å². The number of nitrogens with one attached hydrogen (secondary N) is 1. The average Bonchev–Trinajstić information content (AvgIpc) is 2.18. The van der Waals surface area contributed by atoms with Gasteiger partial charge in [-0.3, -0.25) is 4.79 Å². The third kappa shape index (κ3) is 1.64. The Kier molecular flexibility index (Phi) is 2.74. The highest BCUT2D eigenvalue weighted by atomic mass is 16.5. The van der Waals surface area contributed by atoms with E-state index in [1.807, 2.05) is 0 Å². The molecule has 14 heavy (non-hydrogen) atoms. The number of carbonyl (C=O) groups is 1. The molecule has 2 aliphatic heterocycles. The molecular formula is C10H17NO3. The zero-order valence-corrected chi connectivity index (χ0v) is 8.40. The number of esters is 1. The summed E-state index contributed by atoms with van der Waals surface area (Å²) in [6.45, 7) is 2.21. The minimum atomic E-state index is -0.329. The predicted molar refractivity (Wildman–Crippen MR) is 50.7 cm³/mol. The molecule has 4 nitrogen and oxygen atoms in total. The SMILES string of the molecule is CCOC(=O)C1NC2CCC1C(O)C2. The van der Waals surface area contributed by atoms with Crippen molar-refractivity contribution in [3.8, 4) is 0 Å². The van der Waals surface area contributed by atoms with E-state index >= 15 is 0 Å². The van der Waals surface area contributed by atoms with Crippen LogP contribution in [-0.2, 0) is 9.53 Å². The molecule has 1 aliphatic carbocycles. The van der Waals surface area contributed by atoms with Crippen LogP contribution in [0.5, 0.6) is 0 Å². The van der Waals surface area contributed by atoms with E-state index in [0.29, 0.717) is 12.6 Å². The van der Waals surface area contributed by atoms with Crippen LogP contribution in [0.3, 0.4) is 0 Å². The summed E-state index contributed by atoms with van der Waals surface area (Å²) in [5, 5.41) is 13.0. The first-order chi connectivity index (χ1) is 6.72. The molecule has 0 aromatic rings. The number of hydrogen-bond donors (Lipinski definition) is 2. The minimum Gasteiger partial charge on any atom is -0.465 e. The zero-order valence-electron chi connectivity index (χ0n) is 8.40. The zero-order chi connectivity index (χ0) is 10.1. The van der Waals surface area contributed by atoms with Gasteiger partial charge in [0.25, 0.3) is 0 Å². The topological polar surface area (TPSA) is 58.6 Å². The van der Waals surface area contributed by atoms with Gasteiger partial charge in [0.05, 0.1) is 12.7 Å². The van der Waals surface area contributed by atoms with Crippen LogP contribution in [0.25, 0.3) is 0 Å². The highest BCUT2D eigenvalue weighted by Crippen LogP contribution is 2.33. The fourth-order valence-electron chi connectivity index (χ4n) is 2.56. The van der Waals surface area contributed by atoms with Crippen molar-refractivity contribution in [2.75, 3.05) is 6.61 Å². The molecule has 4 atom stereocenters. The Labute approximate surface area is 83.6 Å². The largest absolute Gasteiger partial charge is 0.465 e.